The first kappa shape index (κ1) is 17.3. The monoisotopic (exact) mass is 403 g/mol. The summed E-state index contributed by atoms with van der Waals surface area (Å²) in [7, 11) is 0. The quantitative estimate of drug-likeness (QED) is 0.256. The molecule has 2 aromatic rings. The van der Waals surface area contributed by atoms with E-state index in [9.17, 15) is 19.7 Å². The second-order valence-electron chi connectivity index (χ2n) is 8.39. The highest BCUT2D eigenvalue weighted by molar-refractivity contribution is 6.06. The van der Waals surface area contributed by atoms with Gasteiger partial charge < -0.3 is 4.42 Å². The number of carbonyl (C=O) groups excluding carboxylic acids is 2. The Kier molecular flexibility index (Phi) is 3.45. The summed E-state index contributed by atoms with van der Waals surface area (Å²) in [6, 6.07) is 9.41. The number of nitrogens with zero attached hydrogens (tertiary/aromatic N) is 3. The van der Waals surface area contributed by atoms with Gasteiger partial charge in [0.2, 0.25) is 0 Å². The predicted octanol–water partition coefficient (Wildman–Crippen LogP) is 3.24. The van der Waals surface area contributed by atoms with Crippen LogP contribution in [0.15, 0.2) is 58.1 Å². The normalized spacial score (nSPS) is 33.3. The van der Waals surface area contributed by atoms with Gasteiger partial charge in [-0.25, -0.2) is 0 Å². The minimum absolute atomic E-state index is 0.000658. The number of hydrogen-bond donors (Lipinski definition) is 0. The van der Waals surface area contributed by atoms with Gasteiger partial charge in [-0.2, -0.15) is 10.1 Å². The molecular formula is C22H17N3O5. The Morgan fingerprint density at radius 1 is 1.00 bits per heavy atom. The Labute approximate surface area is 171 Å². The first-order valence-corrected chi connectivity index (χ1v) is 9.98. The molecule has 2 saturated carbocycles. The molecule has 6 atom stereocenters. The number of carbonyl (C=O) groups is 2. The lowest BCUT2D eigenvalue weighted by Crippen LogP contribution is -2.40. The van der Waals surface area contributed by atoms with Crippen LogP contribution in [-0.2, 0) is 9.59 Å². The zero-order valence-electron chi connectivity index (χ0n) is 15.8. The summed E-state index contributed by atoms with van der Waals surface area (Å²) >= 11 is 0. The maximum atomic E-state index is 12.9. The van der Waals surface area contributed by atoms with Crippen LogP contribution < -0.4 is 0 Å². The van der Waals surface area contributed by atoms with Crippen molar-refractivity contribution >= 4 is 23.7 Å². The van der Waals surface area contributed by atoms with E-state index in [-0.39, 0.29) is 41.2 Å². The molecule has 1 saturated heterocycles. The van der Waals surface area contributed by atoms with Crippen molar-refractivity contribution < 1.29 is 18.9 Å². The van der Waals surface area contributed by atoms with Crippen molar-refractivity contribution in [3.8, 4) is 11.3 Å². The average molecular weight is 403 g/mol. The summed E-state index contributed by atoms with van der Waals surface area (Å²) in [6.45, 7) is 0. The second-order valence-corrected chi connectivity index (χ2v) is 8.39. The van der Waals surface area contributed by atoms with Gasteiger partial charge >= 0.3 is 0 Å². The molecule has 0 spiro atoms. The standard InChI is InChI=1S/C22H17N3O5/c26-21-19-14-6-7-15(17-9-16(14)17)20(19)22(27)24(21)23-10-13-5-8-18(30-13)11-1-3-12(4-2-11)25(28)29/h1-8,10,14-17,19-20H,9H2/b23-10-/t14-,15-,16-,17+,19+,20+/m0/s1. The fraction of sp³-hybridized carbons (Fsp3) is 0.318. The van der Waals surface area contributed by atoms with Gasteiger partial charge in [-0.3, -0.25) is 19.7 Å². The van der Waals surface area contributed by atoms with Gasteiger partial charge in [0.25, 0.3) is 17.5 Å². The van der Waals surface area contributed by atoms with Crippen LogP contribution in [0, 0.1) is 45.6 Å². The molecule has 150 valence electrons. The molecule has 0 radical (unpaired) electrons. The summed E-state index contributed by atoms with van der Waals surface area (Å²) in [6.07, 6.45) is 6.75. The van der Waals surface area contributed by atoms with Crippen molar-refractivity contribution in [3.05, 3.63) is 64.4 Å². The number of benzene rings is 1. The van der Waals surface area contributed by atoms with E-state index in [0.717, 1.165) is 11.4 Å². The number of allylic oxidation sites excluding steroid dienone is 2. The van der Waals surface area contributed by atoms with E-state index in [2.05, 4.69) is 17.3 Å². The smallest absolute Gasteiger partial charge is 0.269 e. The van der Waals surface area contributed by atoms with Crippen LogP contribution in [0.4, 0.5) is 5.69 Å². The highest BCUT2D eigenvalue weighted by atomic mass is 16.6. The Morgan fingerprint density at radius 2 is 1.63 bits per heavy atom. The fourth-order valence-corrected chi connectivity index (χ4v) is 5.49. The lowest BCUT2D eigenvalue weighted by atomic mass is 9.63. The Hall–Kier alpha value is -3.55. The number of rotatable bonds is 4. The number of amides is 2. The number of nitro benzene ring substituents is 1. The van der Waals surface area contributed by atoms with Crippen LogP contribution in [0.3, 0.4) is 0 Å². The minimum atomic E-state index is -0.461. The topological polar surface area (TPSA) is 106 Å². The van der Waals surface area contributed by atoms with Crippen molar-refractivity contribution in [1.29, 1.82) is 0 Å². The van der Waals surface area contributed by atoms with Gasteiger partial charge in [-0.15, -0.1) is 0 Å². The summed E-state index contributed by atoms with van der Waals surface area (Å²) in [4.78, 5) is 36.1. The van der Waals surface area contributed by atoms with Gasteiger partial charge in [-0.1, -0.05) is 12.2 Å². The molecule has 2 heterocycles. The summed E-state index contributed by atoms with van der Waals surface area (Å²) in [5, 5.41) is 16.0. The Morgan fingerprint density at radius 3 is 2.23 bits per heavy atom. The van der Waals surface area contributed by atoms with Crippen molar-refractivity contribution in [2.75, 3.05) is 0 Å². The zero-order valence-corrected chi connectivity index (χ0v) is 15.8. The number of hydrazone groups is 1. The first-order chi connectivity index (χ1) is 14.5. The average Bonchev–Trinajstić information content (AvgIpc) is 3.39. The highest BCUT2D eigenvalue weighted by Crippen LogP contribution is 2.65. The van der Waals surface area contributed by atoms with Crippen LogP contribution in [0.25, 0.3) is 11.3 Å². The third-order valence-corrected chi connectivity index (χ3v) is 6.93. The molecule has 7 rings (SSSR count). The van der Waals surface area contributed by atoms with E-state index in [4.69, 9.17) is 4.42 Å². The van der Waals surface area contributed by atoms with Crippen LogP contribution in [0.1, 0.15) is 12.2 Å². The van der Waals surface area contributed by atoms with E-state index in [1.807, 2.05) is 0 Å². The lowest BCUT2D eigenvalue weighted by Gasteiger charge is -2.37. The lowest BCUT2D eigenvalue weighted by molar-refractivity contribution is -0.384. The number of nitro groups is 1. The Balaban J connectivity index is 1.22. The molecule has 5 aliphatic rings. The fourth-order valence-electron chi connectivity index (χ4n) is 5.49. The van der Waals surface area contributed by atoms with Crippen molar-refractivity contribution in [3.63, 3.8) is 0 Å². The van der Waals surface area contributed by atoms with Crippen LogP contribution in [0.5, 0.6) is 0 Å². The SMILES string of the molecule is O=C1[C@@H]2[C@H]3C=C[C@@H]([C@@H]4C[C@H]34)[C@H]2C(=O)N1/N=C\c1ccc(-c2ccc([N+](=O)[O-])cc2)o1. The molecule has 30 heavy (non-hydrogen) atoms. The van der Waals surface area contributed by atoms with Crippen molar-refractivity contribution in [2.24, 2.45) is 40.6 Å². The van der Waals surface area contributed by atoms with Crippen molar-refractivity contribution in [2.45, 2.75) is 6.42 Å². The zero-order chi connectivity index (χ0) is 20.6. The maximum absolute atomic E-state index is 12.9. The highest BCUT2D eigenvalue weighted by Gasteiger charge is 2.67. The molecule has 8 nitrogen and oxygen atoms in total. The van der Waals surface area contributed by atoms with E-state index < -0.39 is 4.92 Å². The van der Waals surface area contributed by atoms with Crippen LogP contribution >= 0.6 is 0 Å². The second kappa shape index (κ2) is 5.98. The molecule has 3 fully saturated rings. The molecule has 1 aromatic carbocycles. The number of hydrogen-bond acceptors (Lipinski definition) is 6. The van der Waals surface area contributed by atoms with Gasteiger partial charge in [0, 0.05) is 17.7 Å². The number of non-ortho nitro benzene ring substituents is 1. The predicted molar refractivity (Wildman–Crippen MR) is 105 cm³/mol. The molecule has 0 N–H and O–H groups in total. The van der Waals surface area contributed by atoms with E-state index in [1.54, 1.807) is 24.3 Å². The molecular weight excluding hydrogens is 386 g/mol. The van der Waals surface area contributed by atoms with E-state index in [1.165, 1.54) is 18.3 Å². The third kappa shape index (κ3) is 2.36. The summed E-state index contributed by atoms with van der Waals surface area (Å²) in [5.74, 6) is 1.36. The Bertz CT molecular complexity index is 1110. The maximum Gasteiger partial charge on any atom is 0.269 e. The van der Waals surface area contributed by atoms with E-state index in [0.29, 0.717) is 28.9 Å². The van der Waals surface area contributed by atoms with Crippen molar-refractivity contribution in [1.82, 2.24) is 5.01 Å². The van der Waals surface area contributed by atoms with Crippen LogP contribution in [0.2, 0.25) is 0 Å². The molecule has 4 aliphatic carbocycles. The molecule has 1 aromatic heterocycles. The summed E-state index contributed by atoms with van der Waals surface area (Å²) < 4.78 is 5.72. The first-order valence-electron chi connectivity index (χ1n) is 9.98. The number of furan rings is 1. The van der Waals surface area contributed by atoms with E-state index >= 15 is 0 Å². The van der Waals surface area contributed by atoms with Gasteiger partial charge in [0.15, 0.2) is 0 Å². The minimum Gasteiger partial charge on any atom is -0.455 e. The molecule has 0 unspecified atom stereocenters. The number of imide groups is 1. The molecule has 8 heteroatoms. The van der Waals surface area contributed by atoms with Gasteiger partial charge in [0.05, 0.1) is 23.0 Å². The van der Waals surface area contributed by atoms with Gasteiger partial charge in [0.1, 0.15) is 11.5 Å². The molecule has 1 aliphatic heterocycles. The summed E-state index contributed by atoms with van der Waals surface area (Å²) in [5.41, 5.74) is 0.683. The van der Waals surface area contributed by atoms with Gasteiger partial charge in [-0.05, 0) is 54.4 Å². The third-order valence-electron chi connectivity index (χ3n) is 6.93. The molecule has 2 amide bonds. The largest absolute Gasteiger partial charge is 0.455 e. The molecule has 2 bridgehead atoms. The van der Waals surface area contributed by atoms with Crippen LogP contribution in [-0.4, -0.2) is 28.0 Å².